The lowest BCUT2D eigenvalue weighted by atomic mass is 10.1. The minimum absolute atomic E-state index is 0.101. The first-order chi connectivity index (χ1) is 9.04. The molecule has 0 amide bonds. The van der Waals surface area contributed by atoms with Gasteiger partial charge in [0.1, 0.15) is 4.60 Å². The number of ketones is 1. The van der Waals surface area contributed by atoms with E-state index in [4.69, 9.17) is 4.74 Å². The summed E-state index contributed by atoms with van der Waals surface area (Å²) in [5.41, 5.74) is 1.72. The third kappa shape index (κ3) is 2.87. The highest BCUT2D eigenvalue weighted by Gasteiger charge is 2.16. The zero-order chi connectivity index (χ0) is 14.0. The Morgan fingerprint density at radius 3 is 2.89 bits per heavy atom. The number of nitrogens with zero attached hydrogens (tertiary/aromatic N) is 2. The number of rotatable bonds is 5. The van der Waals surface area contributed by atoms with Gasteiger partial charge >= 0.3 is 0 Å². The Balaban J connectivity index is 2.53. The maximum absolute atomic E-state index is 12.2. The maximum Gasteiger partial charge on any atom is 0.167 e. The molecule has 0 N–H and O–H groups in total. The van der Waals surface area contributed by atoms with E-state index in [9.17, 15) is 4.79 Å². The van der Waals surface area contributed by atoms with Crippen molar-refractivity contribution in [1.29, 1.82) is 0 Å². The summed E-state index contributed by atoms with van der Waals surface area (Å²) in [7, 11) is 1.60. The van der Waals surface area contributed by atoms with Gasteiger partial charge in [0, 0.05) is 36.7 Å². The molecule has 19 heavy (non-hydrogen) atoms. The monoisotopic (exact) mass is 324 g/mol. The molecule has 4 nitrogen and oxygen atoms in total. The molecule has 0 aromatic carbocycles. The van der Waals surface area contributed by atoms with Gasteiger partial charge in [-0.15, -0.1) is 0 Å². The van der Waals surface area contributed by atoms with E-state index in [2.05, 4.69) is 39.3 Å². The molecule has 0 atom stereocenters. The van der Waals surface area contributed by atoms with Crippen molar-refractivity contribution in [2.24, 2.45) is 0 Å². The minimum atomic E-state index is 0.101. The molecule has 2 aromatic rings. The molecule has 2 aromatic heterocycles. The molecule has 2 heterocycles. The van der Waals surface area contributed by atoms with Gasteiger partial charge in [-0.05, 0) is 35.8 Å². The van der Waals surface area contributed by atoms with Gasteiger partial charge in [-0.2, -0.15) is 0 Å². The number of ether oxygens (including phenoxy) is 1. The summed E-state index contributed by atoms with van der Waals surface area (Å²) < 4.78 is 7.79. The second-order valence-electron chi connectivity index (χ2n) is 4.73. The summed E-state index contributed by atoms with van der Waals surface area (Å²) in [6, 6.07) is 2.18. The normalized spacial score (nSPS) is 11.4. The van der Waals surface area contributed by atoms with Crippen molar-refractivity contribution in [3.05, 3.63) is 28.6 Å². The maximum atomic E-state index is 12.2. The number of halogens is 1. The van der Waals surface area contributed by atoms with E-state index in [0.29, 0.717) is 13.0 Å². The van der Waals surface area contributed by atoms with Gasteiger partial charge in [-0.25, -0.2) is 4.98 Å². The fourth-order valence-corrected chi connectivity index (χ4v) is 2.43. The Bertz CT molecular complexity index is 605. The van der Waals surface area contributed by atoms with Crippen LogP contribution in [0.5, 0.6) is 0 Å². The third-order valence-corrected chi connectivity index (χ3v) is 3.51. The zero-order valence-electron chi connectivity index (χ0n) is 11.3. The standard InChI is InChI=1S/C14H17BrN2O2/c1-9(2)17-8-11(13(18)4-5-19-3)10-6-14(15)16-7-12(10)17/h6-9H,4-5H2,1-3H3. The predicted octanol–water partition coefficient (Wildman–Crippen LogP) is 3.60. The number of pyridine rings is 1. The molecule has 0 radical (unpaired) electrons. The Labute approximate surface area is 120 Å². The van der Waals surface area contributed by atoms with E-state index in [1.54, 1.807) is 13.3 Å². The highest BCUT2D eigenvalue weighted by atomic mass is 79.9. The van der Waals surface area contributed by atoms with Crippen LogP contribution in [0.15, 0.2) is 23.1 Å². The van der Waals surface area contributed by atoms with Crippen LogP contribution in [0.4, 0.5) is 0 Å². The Morgan fingerprint density at radius 1 is 1.53 bits per heavy atom. The number of hydrogen-bond donors (Lipinski definition) is 0. The van der Waals surface area contributed by atoms with Crippen molar-refractivity contribution in [3.63, 3.8) is 0 Å². The Kier molecular flexibility index (Phi) is 4.37. The van der Waals surface area contributed by atoms with Gasteiger partial charge in [0.05, 0.1) is 18.3 Å². The van der Waals surface area contributed by atoms with Crippen molar-refractivity contribution >= 4 is 32.6 Å². The predicted molar refractivity (Wildman–Crippen MR) is 78.6 cm³/mol. The van der Waals surface area contributed by atoms with Crippen molar-refractivity contribution in [1.82, 2.24) is 9.55 Å². The van der Waals surface area contributed by atoms with Gasteiger partial charge in [0.15, 0.2) is 5.78 Å². The Hall–Kier alpha value is -1.20. The topological polar surface area (TPSA) is 44.1 Å². The largest absolute Gasteiger partial charge is 0.384 e. The molecule has 0 spiro atoms. The molecule has 0 fully saturated rings. The van der Waals surface area contributed by atoms with E-state index < -0.39 is 0 Å². The first-order valence-corrected chi connectivity index (χ1v) is 7.02. The second-order valence-corrected chi connectivity index (χ2v) is 5.55. The molecule has 0 aliphatic heterocycles. The van der Waals surface area contributed by atoms with Gasteiger partial charge in [0.2, 0.25) is 0 Å². The molecule has 2 rings (SSSR count). The van der Waals surface area contributed by atoms with E-state index in [1.807, 2.05) is 12.3 Å². The number of carbonyl (C=O) groups is 1. The number of fused-ring (bicyclic) bond motifs is 1. The molecule has 0 unspecified atom stereocenters. The lowest BCUT2D eigenvalue weighted by Crippen LogP contribution is -2.03. The van der Waals surface area contributed by atoms with Crippen LogP contribution >= 0.6 is 15.9 Å². The van der Waals surface area contributed by atoms with Crippen LogP contribution < -0.4 is 0 Å². The van der Waals surface area contributed by atoms with Gasteiger partial charge in [-0.1, -0.05) is 0 Å². The smallest absolute Gasteiger partial charge is 0.167 e. The number of Topliss-reactive ketones (excluding diaryl/α,β-unsaturated/α-hetero) is 1. The van der Waals surface area contributed by atoms with Crippen LogP contribution in [-0.4, -0.2) is 29.1 Å². The molecule has 102 valence electrons. The second kappa shape index (κ2) is 5.84. The van der Waals surface area contributed by atoms with Crippen LogP contribution in [-0.2, 0) is 4.74 Å². The molecular formula is C14H17BrN2O2. The van der Waals surface area contributed by atoms with E-state index in [1.165, 1.54) is 0 Å². The van der Waals surface area contributed by atoms with Gasteiger partial charge < -0.3 is 9.30 Å². The van der Waals surface area contributed by atoms with Crippen molar-refractivity contribution in [3.8, 4) is 0 Å². The number of methoxy groups -OCH3 is 1. The minimum Gasteiger partial charge on any atom is -0.384 e. The van der Waals surface area contributed by atoms with E-state index >= 15 is 0 Å². The molecule has 0 bridgehead atoms. The average molecular weight is 325 g/mol. The summed E-state index contributed by atoms with van der Waals surface area (Å²) >= 11 is 3.36. The van der Waals surface area contributed by atoms with Crippen molar-refractivity contribution in [2.75, 3.05) is 13.7 Å². The van der Waals surface area contributed by atoms with E-state index in [0.717, 1.165) is 21.1 Å². The fraction of sp³-hybridized carbons (Fsp3) is 0.429. The highest BCUT2D eigenvalue weighted by Crippen LogP contribution is 2.27. The van der Waals surface area contributed by atoms with E-state index in [-0.39, 0.29) is 11.8 Å². The SMILES string of the molecule is COCCC(=O)c1cn(C(C)C)c2cnc(Br)cc12. The zero-order valence-corrected chi connectivity index (χ0v) is 12.9. The quantitative estimate of drug-likeness (QED) is 0.623. The third-order valence-electron chi connectivity index (χ3n) is 3.08. The summed E-state index contributed by atoms with van der Waals surface area (Å²) in [5.74, 6) is 0.101. The molecule has 0 aliphatic rings. The first kappa shape index (κ1) is 14.2. The number of hydrogen-bond acceptors (Lipinski definition) is 3. The van der Waals surface area contributed by atoms with Gasteiger partial charge in [0.25, 0.3) is 0 Å². The lowest BCUT2D eigenvalue weighted by molar-refractivity contribution is 0.0933. The molecule has 0 aliphatic carbocycles. The summed E-state index contributed by atoms with van der Waals surface area (Å²) in [6.07, 6.45) is 4.11. The average Bonchev–Trinajstić information content (AvgIpc) is 2.74. The van der Waals surface area contributed by atoms with Crippen LogP contribution in [0.3, 0.4) is 0 Å². The van der Waals surface area contributed by atoms with Gasteiger partial charge in [-0.3, -0.25) is 4.79 Å². The molecule has 0 saturated carbocycles. The first-order valence-electron chi connectivity index (χ1n) is 6.22. The lowest BCUT2D eigenvalue weighted by Gasteiger charge is -2.08. The highest BCUT2D eigenvalue weighted by molar-refractivity contribution is 9.10. The summed E-state index contributed by atoms with van der Waals surface area (Å²) in [4.78, 5) is 16.5. The summed E-state index contributed by atoms with van der Waals surface area (Å²) in [6.45, 7) is 4.62. The molecule has 5 heteroatoms. The Morgan fingerprint density at radius 2 is 2.26 bits per heavy atom. The molecule has 0 saturated heterocycles. The van der Waals surface area contributed by atoms with Crippen LogP contribution in [0.2, 0.25) is 0 Å². The fourth-order valence-electron chi connectivity index (χ4n) is 2.10. The number of carbonyl (C=O) groups excluding carboxylic acids is 1. The van der Waals surface area contributed by atoms with Crippen LogP contribution in [0, 0.1) is 0 Å². The molecular weight excluding hydrogens is 308 g/mol. The summed E-state index contributed by atoms with van der Waals surface area (Å²) in [5, 5.41) is 0.941. The van der Waals surface area contributed by atoms with Crippen LogP contribution in [0.25, 0.3) is 10.9 Å². The van der Waals surface area contributed by atoms with Crippen molar-refractivity contribution in [2.45, 2.75) is 26.3 Å². The number of aromatic nitrogens is 2. The van der Waals surface area contributed by atoms with Crippen LogP contribution in [0.1, 0.15) is 36.7 Å². The van der Waals surface area contributed by atoms with Crippen molar-refractivity contribution < 1.29 is 9.53 Å².